The minimum absolute atomic E-state index is 0.249. The average molecular weight is 161 g/mol. The van der Waals surface area contributed by atoms with Gasteiger partial charge in [-0.25, -0.2) is 0 Å². The number of benzene rings is 1. The molecular formula is C10H11NO. The van der Waals surface area contributed by atoms with Gasteiger partial charge < -0.3 is 5.32 Å². The molecule has 1 atom stereocenters. The molecular weight excluding hydrogens is 150 g/mol. The van der Waals surface area contributed by atoms with Gasteiger partial charge in [0, 0.05) is 12.5 Å². The molecule has 1 N–H and O–H groups in total. The zero-order valence-corrected chi connectivity index (χ0v) is 6.79. The molecule has 0 aromatic heterocycles. The van der Waals surface area contributed by atoms with Gasteiger partial charge in [0.25, 0.3) is 0 Å². The molecule has 1 aliphatic rings. The monoisotopic (exact) mass is 161 g/mol. The van der Waals surface area contributed by atoms with E-state index in [1.54, 1.807) is 0 Å². The lowest BCUT2D eigenvalue weighted by atomic mass is 10.1. The Morgan fingerprint density at radius 3 is 2.58 bits per heavy atom. The van der Waals surface area contributed by atoms with Crippen LogP contribution in [0.4, 0.5) is 0 Å². The van der Waals surface area contributed by atoms with Crippen LogP contribution in [0.25, 0.3) is 0 Å². The summed E-state index contributed by atoms with van der Waals surface area (Å²) in [6.45, 7) is 0.527. The highest BCUT2D eigenvalue weighted by molar-refractivity contribution is 5.83. The molecule has 1 fully saturated rings. The van der Waals surface area contributed by atoms with Gasteiger partial charge in [0.2, 0.25) is 0 Å². The number of ketones is 1. The van der Waals surface area contributed by atoms with E-state index in [0.29, 0.717) is 18.7 Å². The summed E-state index contributed by atoms with van der Waals surface area (Å²) >= 11 is 0. The molecule has 1 heterocycles. The second-order valence-electron chi connectivity index (χ2n) is 3.09. The van der Waals surface area contributed by atoms with E-state index in [4.69, 9.17) is 0 Å². The molecule has 0 unspecified atom stereocenters. The van der Waals surface area contributed by atoms with Crippen LogP contribution in [0.5, 0.6) is 0 Å². The van der Waals surface area contributed by atoms with Crippen LogP contribution in [0.2, 0.25) is 0 Å². The van der Waals surface area contributed by atoms with Crippen molar-refractivity contribution in [2.24, 2.45) is 0 Å². The van der Waals surface area contributed by atoms with E-state index in [-0.39, 0.29) is 6.04 Å². The Morgan fingerprint density at radius 1 is 1.25 bits per heavy atom. The van der Waals surface area contributed by atoms with Crippen LogP contribution in [-0.2, 0) is 4.79 Å². The first-order chi connectivity index (χ1) is 5.86. The van der Waals surface area contributed by atoms with Gasteiger partial charge in [-0.05, 0) is 5.56 Å². The number of carbonyl (C=O) groups excluding carboxylic acids is 1. The summed E-state index contributed by atoms with van der Waals surface area (Å²) in [4.78, 5) is 11.0. The maximum atomic E-state index is 11.0. The zero-order valence-electron chi connectivity index (χ0n) is 6.79. The molecule has 2 rings (SSSR count). The quantitative estimate of drug-likeness (QED) is 0.672. The second-order valence-corrected chi connectivity index (χ2v) is 3.09. The molecule has 12 heavy (non-hydrogen) atoms. The van der Waals surface area contributed by atoms with Crippen LogP contribution >= 0.6 is 0 Å². The summed E-state index contributed by atoms with van der Waals surface area (Å²) < 4.78 is 0. The molecule has 2 nitrogen and oxygen atoms in total. The minimum Gasteiger partial charge on any atom is -0.303 e. The maximum Gasteiger partial charge on any atom is 0.148 e. The van der Waals surface area contributed by atoms with Crippen LogP contribution < -0.4 is 5.32 Å². The summed E-state index contributed by atoms with van der Waals surface area (Å²) in [6.07, 6.45) is 0.643. The highest BCUT2D eigenvalue weighted by atomic mass is 16.1. The van der Waals surface area contributed by atoms with E-state index in [9.17, 15) is 4.79 Å². The number of hydrogen-bond donors (Lipinski definition) is 1. The molecule has 0 spiro atoms. The van der Waals surface area contributed by atoms with Gasteiger partial charge in [0.15, 0.2) is 0 Å². The van der Waals surface area contributed by atoms with E-state index in [0.717, 1.165) is 0 Å². The SMILES string of the molecule is O=C1CN[C@@H](c2ccccc2)C1. The zero-order chi connectivity index (χ0) is 8.39. The van der Waals surface area contributed by atoms with Gasteiger partial charge >= 0.3 is 0 Å². The third-order valence-electron chi connectivity index (χ3n) is 2.18. The fourth-order valence-electron chi connectivity index (χ4n) is 1.53. The van der Waals surface area contributed by atoms with E-state index < -0.39 is 0 Å². The predicted octanol–water partition coefficient (Wildman–Crippen LogP) is 1.29. The van der Waals surface area contributed by atoms with Crippen LogP contribution in [-0.4, -0.2) is 12.3 Å². The number of Topliss-reactive ketones (excluding diaryl/α,β-unsaturated/α-hetero) is 1. The number of nitrogens with one attached hydrogen (secondary N) is 1. The second kappa shape index (κ2) is 3.07. The Balaban J connectivity index is 2.16. The fourth-order valence-corrected chi connectivity index (χ4v) is 1.53. The van der Waals surface area contributed by atoms with E-state index in [1.807, 2.05) is 18.2 Å². The number of hydrogen-bond acceptors (Lipinski definition) is 2. The van der Waals surface area contributed by atoms with E-state index in [1.165, 1.54) is 5.56 Å². The minimum atomic E-state index is 0.249. The molecule has 0 amide bonds. The Labute approximate surface area is 71.6 Å². The van der Waals surface area contributed by atoms with E-state index >= 15 is 0 Å². The first-order valence-corrected chi connectivity index (χ1v) is 4.16. The largest absolute Gasteiger partial charge is 0.303 e. The van der Waals surface area contributed by atoms with Crippen molar-refractivity contribution >= 4 is 5.78 Å². The summed E-state index contributed by atoms with van der Waals surface area (Å²) in [5.41, 5.74) is 1.21. The standard InChI is InChI=1S/C10H11NO/c12-9-6-10(11-7-9)8-4-2-1-3-5-8/h1-5,10-11H,6-7H2/t10-/m1/s1. The normalized spacial score (nSPS) is 23.0. The third kappa shape index (κ3) is 1.38. The Hall–Kier alpha value is -1.15. The van der Waals surface area contributed by atoms with Crippen molar-refractivity contribution in [3.63, 3.8) is 0 Å². The van der Waals surface area contributed by atoms with Gasteiger partial charge in [-0.1, -0.05) is 30.3 Å². The Morgan fingerprint density at radius 2 is 2.00 bits per heavy atom. The lowest BCUT2D eigenvalue weighted by Gasteiger charge is -2.07. The van der Waals surface area contributed by atoms with Crippen LogP contribution in [0.3, 0.4) is 0 Å². The van der Waals surface area contributed by atoms with Gasteiger partial charge in [0.1, 0.15) is 5.78 Å². The average Bonchev–Trinajstić information content (AvgIpc) is 2.54. The highest BCUT2D eigenvalue weighted by Gasteiger charge is 2.21. The smallest absolute Gasteiger partial charge is 0.148 e. The molecule has 1 aromatic rings. The van der Waals surface area contributed by atoms with Crippen LogP contribution in [0, 0.1) is 0 Å². The van der Waals surface area contributed by atoms with Gasteiger partial charge in [-0.2, -0.15) is 0 Å². The topological polar surface area (TPSA) is 29.1 Å². The number of carbonyl (C=O) groups is 1. The van der Waals surface area contributed by atoms with Crippen molar-refractivity contribution < 1.29 is 4.79 Å². The Kier molecular flexibility index (Phi) is 1.92. The van der Waals surface area contributed by atoms with Crippen LogP contribution in [0.1, 0.15) is 18.0 Å². The van der Waals surface area contributed by atoms with Gasteiger partial charge in [-0.15, -0.1) is 0 Å². The molecule has 0 radical (unpaired) electrons. The van der Waals surface area contributed by atoms with Gasteiger partial charge in [0.05, 0.1) is 6.54 Å². The summed E-state index contributed by atoms with van der Waals surface area (Å²) in [5, 5.41) is 3.17. The first-order valence-electron chi connectivity index (χ1n) is 4.16. The molecule has 1 saturated heterocycles. The van der Waals surface area contributed by atoms with Crippen LogP contribution in [0.15, 0.2) is 30.3 Å². The lowest BCUT2D eigenvalue weighted by molar-refractivity contribution is -0.116. The third-order valence-corrected chi connectivity index (χ3v) is 2.18. The Bertz CT molecular complexity index is 281. The number of rotatable bonds is 1. The first kappa shape index (κ1) is 7.50. The van der Waals surface area contributed by atoms with E-state index in [2.05, 4.69) is 17.4 Å². The fraction of sp³-hybridized carbons (Fsp3) is 0.300. The summed E-state index contributed by atoms with van der Waals surface area (Å²) in [6, 6.07) is 10.3. The van der Waals surface area contributed by atoms with Crippen molar-refractivity contribution in [3.8, 4) is 0 Å². The van der Waals surface area contributed by atoms with Crippen molar-refractivity contribution in [1.82, 2.24) is 5.32 Å². The van der Waals surface area contributed by atoms with Crippen molar-refractivity contribution in [3.05, 3.63) is 35.9 Å². The van der Waals surface area contributed by atoms with Crippen molar-refractivity contribution in [2.75, 3.05) is 6.54 Å². The molecule has 0 bridgehead atoms. The highest BCUT2D eigenvalue weighted by Crippen LogP contribution is 2.20. The summed E-state index contributed by atoms with van der Waals surface area (Å²) in [5.74, 6) is 0.309. The molecule has 1 aliphatic heterocycles. The van der Waals surface area contributed by atoms with Crippen molar-refractivity contribution in [2.45, 2.75) is 12.5 Å². The molecule has 2 heteroatoms. The predicted molar refractivity (Wildman–Crippen MR) is 46.8 cm³/mol. The summed E-state index contributed by atoms with van der Waals surface area (Å²) in [7, 11) is 0. The molecule has 0 saturated carbocycles. The molecule has 0 aliphatic carbocycles. The lowest BCUT2D eigenvalue weighted by Crippen LogP contribution is -2.13. The van der Waals surface area contributed by atoms with Crippen molar-refractivity contribution in [1.29, 1.82) is 0 Å². The van der Waals surface area contributed by atoms with Gasteiger partial charge in [-0.3, -0.25) is 4.79 Å². The maximum absolute atomic E-state index is 11.0. The molecule has 1 aromatic carbocycles. The molecule has 62 valence electrons.